The summed E-state index contributed by atoms with van der Waals surface area (Å²) in [7, 11) is 0. The number of nitriles is 2. The maximum absolute atomic E-state index is 12.2. The summed E-state index contributed by atoms with van der Waals surface area (Å²) < 4.78 is 10.2. The summed E-state index contributed by atoms with van der Waals surface area (Å²) in [5.41, 5.74) is 1.44. The normalized spacial score (nSPS) is 13.2. The molecule has 0 N–H and O–H groups in total. The number of rotatable bonds is 9. The quantitative estimate of drug-likeness (QED) is 0.266. The second-order valence-corrected chi connectivity index (χ2v) is 7.76. The van der Waals surface area contributed by atoms with Gasteiger partial charge in [0.05, 0.1) is 6.07 Å². The van der Waals surface area contributed by atoms with Crippen molar-refractivity contribution in [3.05, 3.63) is 29.8 Å². The van der Waals surface area contributed by atoms with Gasteiger partial charge in [0.25, 0.3) is 6.26 Å². The Morgan fingerprint density at radius 3 is 2.35 bits per heavy atom. The number of ether oxygens (including phenoxy) is 2. The van der Waals surface area contributed by atoms with Crippen LogP contribution >= 0.6 is 0 Å². The van der Waals surface area contributed by atoms with Crippen LogP contribution in [0.5, 0.6) is 5.75 Å². The van der Waals surface area contributed by atoms with Crippen molar-refractivity contribution < 1.29 is 14.3 Å². The fourth-order valence-electron chi connectivity index (χ4n) is 2.90. The minimum atomic E-state index is -0.932. The average Bonchev–Trinajstić information content (AvgIpc) is 2.56. The molecule has 5 heteroatoms. The van der Waals surface area contributed by atoms with Crippen molar-refractivity contribution in [2.45, 2.75) is 71.8 Å². The van der Waals surface area contributed by atoms with E-state index in [9.17, 15) is 4.79 Å². The number of esters is 1. The van der Waals surface area contributed by atoms with E-state index in [0.29, 0.717) is 37.4 Å². The van der Waals surface area contributed by atoms with Crippen molar-refractivity contribution in [2.24, 2.45) is 5.41 Å². The van der Waals surface area contributed by atoms with E-state index in [1.54, 1.807) is 18.4 Å². The Hall–Kier alpha value is -2.53. The monoisotopic (exact) mass is 356 g/mol. The van der Waals surface area contributed by atoms with Crippen molar-refractivity contribution in [1.82, 2.24) is 0 Å². The molecule has 140 valence electrons. The highest BCUT2D eigenvalue weighted by Crippen LogP contribution is 2.31. The van der Waals surface area contributed by atoms with Crippen LogP contribution in [0.4, 0.5) is 0 Å². The van der Waals surface area contributed by atoms with Gasteiger partial charge in [-0.25, -0.2) is 4.79 Å². The summed E-state index contributed by atoms with van der Waals surface area (Å²) in [6.45, 7) is 8.83. The Kier molecular flexibility index (Phi) is 8.65. The standard InChI is InChI=1S/C21H28N2O3/c1-16(14-21(2,3)4)17-9-11-18(12-10-17)26-20(24)19(25-15-23)8-6-5-7-13-22/h9-12,16,19H,5-8,14H2,1-4H3. The van der Waals surface area contributed by atoms with E-state index in [1.165, 1.54) is 5.56 Å². The predicted octanol–water partition coefficient (Wildman–Crippen LogP) is 5.08. The molecule has 0 heterocycles. The summed E-state index contributed by atoms with van der Waals surface area (Å²) >= 11 is 0. The lowest BCUT2D eigenvalue weighted by atomic mass is 9.82. The van der Waals surface area contributed by atoms with Gasteiger partial charge in [-0.05, 0) is 54.7 Å². The van der Waals surface area contributed by atoms with Gasteiger partial charge in [0, 0.05) is 6.42 Å². The van der Waals surface area contributed by atoms with Gasteiger partial charge in [-0.1, -0.05) is 39.8 Å². The topological polar surface area (TPSA) is 83.1 Å². The smallest absolute Gasteiger partial charge is 0.353 e. The molecule has 0 saturated carbocycles. The summed E-state index contributed by atoms with van der Waals surface area (Å²) in [5.74, 6) is 0.263. The molecule has 2 atom stereocenters. The molecule has 26 heavy (non-hydrogen) atoms. The summed E-state index contributed by atoms with van der Waals surface area (Å²) in [6.07, 6.45) is 3.75. The second kappa shape index (κ2) is 10.5. The highest BCUT2D eigenvalue weighted by Gasteiger charge is 2.22. The maximum Gasteiger partial charge on any atom is 0.353 e. The third kappa shape index (κ3) is 8.03. The van der Waals surface area contributed by atoms with Crippen LogP contribution in [0.25, 0.3) is 0 Å². The van der Waals surface area contributed by atoms with Crippen molar-refractivity contribution in [2.75, 3.05) is 0 Å². The van der Waals surface area contributed by atoms with Gasteiger partial charge >= 0.3 is 5.97 Å². The van der Waals surface area contributed by atoms with Crippen LogP contribution in [0.15, 0.2) is 24.3 Å². The van der Waals surface area contributed by atoms with E-state index >= 15 is 0 Å². The fourth-order valence-corrected chi connectivity index (χ4v) is 2.90. The number of nitrogens with zero attached hydrogens (tertiary/aromatic N) is 2. The van der Waals surface area contributed by atoms with Crippen molar-refractivity contribution in [3.8, 4) is 18.1 Å². The molecule has 0 aliphatic rings. The van der Waals surface area contributed by atoms with Crippen LogP contribution in [0.2, 0.25) is 0 Å². The van der Waals surface area contributed by atoms with Gasteiger partial charge in [0.2, 0.25) is 6.10 Å². The molecule has 0 aliphatic heterocycles. The molecule has 0 radical (unpaired) electrons. The Morgan fingerprint density at radius 1 is 1.15 bits per heavy atom. The number of benzene rings is 1. The fraction of sp³-hybridized carbons (Fsp3) is 0.571. The molecule has 0 bridgehead atoms. The van der Waals surface area contributed by atoms with Gasteiger partial charge < -0.3 is 9.47 Å². The average molecular weight is 356 g/mol. The van der Waals surface area contributed by atoms with E-state index in [1.807, 2.05) is 18.2 Å². The molecule has 1 aromatic carbocycles. The van der Waals surface area contributed by atoms with Crippen molar-refractivity contribution in [1.29, 1.82) is 10.5 Å². The van der Waals surface area contributed by atoms with E-state index in [0.717, 1.165) is 6.42 Å². The highest BCUT2D eigenvalue weighted by molar-refractivity contribution is 5.77. The molecule has 1 aromatic rings. The molecule has 0 aliphatic carbocycles. The second-order valence-electron chi connectivity index (χ2n) is 7.76. The first-order valence-corrected chi connectivity index (χ1v) is 9.00. The number of hydrogen-bond acceptors (Lipinski definition) is 5. The largest absolute Gasteiger partial charge is 0.424 e. The highest BCUT2D eigenvalue weighted by atomic mass is 16.6. The molecule has 0 saturated heterocycles. The van der Waals surface area contributed by atoms with Gasteiger partial charge in [-0.2, -0.15) is 10.5 Å². The summed E-state index contributed by atoms with van der Waals surface area (Å²) in [4.78, 5) is 12.2. The molecule has 1 rings (SSSR count). The number of carbonyl (C=O) groups excluding carboxylic acids is 1. The Bertz CT molecular complexity index is 648. The number of hydrogen-bond donors (Lipinski definition) is 0. The maximum atomic E-state index is 12.2. The minimum Gasteiger partial charge on any atom is -0.424 e. The van der Waals surface area contributed by atoms with Crippen molar-refractivity contribution >= 4 is 5.97 Å². The van der Waals surface area contributed by atoms with Crippen LogP contribution < -0.4 is 4.74 Å². The first-order valence-electron chi connectivity index (χ1n) is 9.00. The lowest BCUT2D eigenvalue weighted by Crippen LogP contribution is -2.27. The molecular formula is C21H28N2O3. The lowest BCUT2D eigenvalue weighted by molar-refractivity contribution is -0.144. The number of unbranched alkanes of at least 4 members (excludes halogenated alkanes) is 2. The molecule has 0 aromatic heterocycles. The third-order valence-electron chi connectivity index (χ3n) is 4.05. The third-order valence-corrected chi connectivity index (χ3v) is 4.05. The zero-order chi connectivity index (χ0) is 19.6. The zero-order valence-corrected chi connectivity index (χ0v) is 16.1. The molecule has 5 nitrogen and oxygen atoms in total. The Balaban J connectivity index is 2.64. The van der Waals surface area contributed by atoms with Crippen LogP contribution in [-0.4, -0.2) is 12.1 Å². The van der Waals surface area contributed by atoms with E-state index in [-0.39, 0.29) is 5.41 Å². The summed E-state index contributed by atoms with van der Waals surface area (Å²) in [5, 5.41) is 17.2. The van der Waals surface area contributed by atoms with Crippen molar-refractivity contribution in [3.63, 3.8) is 0 Å². The van der Waals surface area contributed by atoms with Crippen LogP contribution in [0, 0.1) is 28.3 Å². The van der Waals surface area contributed by atoms with E-state index in [4.69, 9.17) is 20.0 Å². The number of carbonyl (C=O) groups is 1. The van der Waals surface area contributed by atoms with Gasteiger partial charge in [0.15, 0.2) is 0 Å². The first kappa shape index (κ1) is 21.5. The molecular weight excluding hydrogens is 328 g/mol. The Morgan fingerprint density at radius 2 is 1.81 bits per heavy atom. The molecule has 0 spiro atoms. The zero-order valence-electron chi connectivity index (χ0n) is 16.1. The van der Waals surface area contributed by atoms with Gasteiger partial charge in [-0.3, -0.25) is 0 Å². The minimum absolute atomic E-state index is 0.248. The van der Waals surface area contributed by atoms with E-state index in [2.05, 4.69) is 27.7 Å². The lowest BCUT2D eigenvalue weighted by Gasteiger charge is -2.23. The first-order chi connectivity index (χ1) is 12.3. The van der Waals surface area contributed by atoms with E-state index < -0.39 is 12.1 Å². The molecule has 2 unspecified atom stereocenters. The van der Waals surface area contributed by atoms with Crippen LogP contribution in [0.1, 0.15) is 71.3 Å². The summed E-state index contributed by atoms with van der Waals surface area (Å²) in [6, 6.07) is 9.52. The Labute approximate surface area is 156 Å². The van der Waals surface area contributed by atoms with Gasteiger partial charge in [-0.15, -0.1) is 0 Å². The van der Waals surface area contributed by atoms with Crippen LogP contribution in [-0.2, 0) is 9.53 Å². The predicted molar refractivity (Wildman–Crippen MR) is 99.1 cm³/mol. The molecule has 0 amide bonds. The molecule has 0 fully saturated rings. The SMILES string of the molecule is CC(CC(C)(C)C)c1ccc(OC(=O)C(CCCCC#N)OC#N)cc1. The van der Waals surface area contributed by atoms with Crippen LogP contribution in [0.3, 0.4) is 0 Å². The van der Waals surface area contributed by atoms with Gasteiger partial charge in [0.1, 0.15) is 5.75 Å².